The number of aliphatic hydroxyl groups excluding tert-OH is 1. The van der Waals surface area contributed by atoms with Gasteiger partial charge < -0.3 is 20.5 Å². The number of nitrogens with zero attached hydrogens (tertiary/aromatic N) is 1. The van der Waals surface area contributed by atoms with Gasteiger partial charge in [0.1, 0.15) is 5.75 Å². The summed E-state index contributed by atoms with van der Waals surface area (Å²) in [5.74, 6) is 0.693. The van der Waals surface area contributed by atoms with E-state index in [2.05, 4.69) is 11.8 Å². The average Bonchev–Trinajstić information content (AvgIpc) is 2.48. The Labute approximate surface area is 127 Å². The third kappa shape index (κ3) is 4.35. The largest absolute Gasteiger partial charge is 0.492 e. The van der Waals surface area contributed by atoms with Gasteiger partial charge in [-0.05, 0) is 57.4 Å². The molecule has 21 heavy (non-hydrogen) atoms. The number of ether oxygens (including phenoxy) is 1. The fourth-order valence-corrected chi connectivity index (χ4v) is 3.01. The molecule has 4 nitrogen and oxygen atoms in total. The third-order valence-corrected chi connectivity index (χ3v) is 4.35. The van der Waals surface area contributed by atoms with E-state index in [1.807, 2.05) is 25.1 Å². The molecule has 0 aromatic heterocycles. The quantitative estimate of drug-likeness (QED) is 0.791. The topological polar surface area (TPSA) is 58.7 Å². The fraction of sp³-hybridized carbons (Fsp3) is 0.647. The number of anilines is 1. The smallest absolute Gasteiger partial charge is 0.142 e. The van der Waals surface area contributed by atoms with Gasteiger partial charge >= 0.3 is 0 Å². The molecule has 0 amide bonds. The van der Waals surface area contributed by atoms with Crippen LogP contribution in [0.1, 0.15) is 51.2 Å². The van der Waals surface area contributed by atoms with Crippen LogP contribution in [0, 0.1) is 0 Å². The van der Waals surface area contributed by atoms with Gasteiger partial charge in [-0.2, -0.15) is 0 Å². The summed E-state index contributed by atoms with van der Waals surface area (Å²) in [6, 6.07) is 6.22. The second-order valence-electron chi connectivity index (χ2n) is 5.92. The van der Waals surface area contributed by atoms with Gasteiger partial charge in [0.2, 0.25) is 0 Å². The zero-order chi connectivity index (χ0) is 15.2. The van der Waals surface area contributed by atoms with Crippen molar-refractivity contribution in [3.63, 3.8) is 0 Å². The van der Waals surface area contributed by atoms with Crippen LogP contribution in [-0.4, -0.2) is 35.7 Å². The Hall–Kier alpha value is -1.26. The summed E-state index contributed by atoms with van der Waals surface area (Å²) in [4.78, 5) is 2.48. The molecule has 2 unspecified atom stereocenters. The van der Waals surface area contributed by atoms with Crippen molar-refractivity contribution < 1.29 is 9.84 Å². The number of nitrogens with two attached hydrogens (primary N) is 1. The van der Waals surface area contributed by atoms with Crippen LogP contribution >= 0.6 is 0 Å². The van der Waals surface area contributed by atoms with E-state index < -0.39 is 6.10 Å². The van der Waals surface area contributed by atoms with Gasteiger partial charge in [-0.15, -0.1) is 0 Å². The lowest BCUT2D eigenvalue weighted by molar-refractivity contribution is 0.109. The Balaban J connectivity index is 1.90. The maximum Gasteiger partial charge on any atom is 0.142 e. The first-order chi connectivity index (χ1) is 10.1. The van der Waals surface area contributed by atoms with Gasteiger partial charge in [0, 0.05) is 12.6 Å². The average molecular weight is 292 g/mol. The van der Waals surface area contributed by atoms with Crippen LogP contribution in [0.4, 0.5) is 5.69 Å². The van der Waals surface area contributed by atoms with Crippen molar-refractivity contribution in [3.05, 3.63) is 23.8 Å². The van der Waals surface area contributed by atoms with Crippen molar-refractivity contribution in [2.24, 2.45) is 0 Å². The Morgan fingerprint density at radius 1 is 1.43 bits per heavy atom. The van der Waals surface area contributed by atoms with E-state index in [0.29, 0.717) is 24.1 Å². The summed E-state index contributed by atoms with van der Waals surface area (Å²) < 4.78 is 5.43. The lowest BCUT2D eigenvalue weighted by Gasteiger charge is -2.33. The Bertz CT molecular complexity index is 450. The number of piperidine rings is 1. The number of likely N-dealkylation sites (tertiary alicyclic amines) is 1. The summed E-state index contributed by atoms with van der Waals surface area (Å²) >= 11 is 0. The molecule has 0 spiro atoms. The molecule has 1 saturated heterocycles. The zero-order valence-electron chi connectivity index (χ0n) is 13.2. The Morgan fingerprint density at radius 2 is 2.24 bits per heavy atom. The van der Waals surface area contributed by atoms with Crippen molar-refractivity contribution in [2.75, 3.05) is 25.4 Å². The molecule has 3 N–H and O–H groups in total. The molecule has 2 rings (SSSR count). The molecule has 1 aliphatic rings. The van der Waals surface area contributed by atoms with E-state index in [9.17, 15) is 5.11 Å². The Kier molecular flexibility index (Phi) is 5.88. The summed E-state index contributed by atoms with van der Waals surface area (Å²) in [6.45, 7) is 6.90. The summed E-state index contributed by atoms with van der Waals surface area (Å²) in [5, 5.41) is 10.4. The van der Waals surface area contributed by atoms with Gasteiger partial charge in [0.25, 0.3) is 0 Å². The monoisotopic (exact) mass is 292 g/mol. The van der Waals surface area contributed by atoms with E-state index in [0.717, 1.165) is 25.1 Å². The van der Waals surface area contributed by atoms with Crippen molar-refractivity contribution >= 4 is 5.69 Å². The standard InChI is InChI=1S/C17H28N2O2/c1-3-21-17-8-7-14(12-15(17)18)16(20)9-11-19-10-5-4-6-13(19)2/h7-8,12-13,16,20H,3-6,9-11,18H2,1-2H3. The fourth-order valence-electron chi connectivity index (χ4n) is 3.01. The van der Waals surface area contributed by atoms with Crippen molar-refractivity contribution in [3.8, 4) is 5.75 Å². The first-order valence-corrected chi connectivity index (χ1v) is 8.06. The number of hydrogen-bond acceptors (Lipinski definition) is 4. The van der Waals surface area contributed by atoms with Crippen LogP contribution in [-0.2, 0) is 0 Å². The van der Waals surface area contributed by atoms with Crippen LogP contribution in [0.25, 0.3) is 0 Å². The highest BCUT2D eigenvalue weighted by Gasteiger charge is 2.19. The minimum absolute atomic E-state index is 0.461. The lowest BCUT2D eigenvalue weighted by Crippen LogP contribution is -2.38. The number of rotatable bonds is 6. The highest BCUT2D eigenvalue weighted by Crippen LogP contribution is 2.27. The van der Waals surface area contributed by atoms with Crippen LogP contribution in [0.15, 0.2) is 18.2 Å². The second-order valence-corrected chi connectivity index (χ2v) is 5.92. The summed E-state index contributed by atoms with van der Waals surface area (Å²) in [7, 11) is 0. The zero-order valence-corrected chi connectivity index (χ0v) is 13.2. The molecule has 1 aliphatic heterocycles. The molecule has 0 saturated carbocycles. The molecule has 1 aromatic carbocycles. The van der Waals surface area contributed by atoms with Crippen LogP contribution in [0.5, 0.6) is 5.75 Å². The maximum absolute atomic E-state index is 10.4. The summed E-state index contributed by atoms with van der Waals surface area (Å²) in [6.07, 6.45) is 4.16. The maximum atomic E-state index is 10.4. The third-order valence-electron chi connectivity index (χ3n) is 4.35. The number of benzene rings is 1. The number of hydrogen-bond donors (Lipinski definition) is 2. The predicted octanol–water partition coefficient (Wildman–Crippen LogP) is 2.97. The van der Waals surface area contributed by atoms with Crippen LogP contribution < -0.4 is 10.5 Å². The molecule has 0 bridgehead atoms. The molecule has 118 valence electrons. The van der Waals surface area contributed by atoms with E-state index >= 15 is 0 Å². The van der Waals surface area contributed by atoms with Gasteiger partial charge in [0.05, 0.1) is 18.4 Å². The SMILES string of the molecule is CCOc1ccc(C(O)CCN2CCCCC2C)cc1N. The molecular weight excluding hydrogens is 264 g/mol. The van der Waals surface area contributed by atoms with Crippen LogP contribution in [0.3, 0.4) is 0 Å². The molecule has 0 aliphatic carbocycles. The highest BCUT2D eigenvalue weighted by molar-refractivity contribution is 5.54. The Morgan fingerprint density at radius 3 is 2.90 bits per heavy atom. The molecule has 1 aromatic rings. The predicted molar refractivity (Wildman–Crippen MR) is 86.5 cm³/mol. The van der Waals surface area contributed by atoms with Crippen LogP contribution in [0.2, 0.25) is 0 Å². The number of aliphatic hydroxyl groups is 1. The lowest BCUT2D eigenvalue weighted by atomic mass is 10.0. The molecule has 1 heterocycles. The highest BCUT2D eigenvalue weighted by atomic mass is 16.5. The molecule has 0 radical (unpaired) electrons. The van der Waals surface area contributed by atoms with Gasteiger partial charge in [-0.3, -0.25) is 0 Å². The first-order valence-electron chi connectivity index (χ1n) is 8.06. The van der Waals surface area contributed by atoms with E-state index in [-0.39, 0.29) is 0 Å². The normalized spacial score (nSPS) is 21.2. The van der Waals surface area contributed by atoms with Gasteiger partial charge in [-0.1, -0.05) is 12.5 Å². The molecular formula is C17H28N2O2. The minimum atomic E-state index is -0.461. The van der Waals surface area contributed by atoms with Crippen molar-refractivity contribution in [1.82, 2.24) is 4.90 Å². The minimum Gasteiger partial charge on any atom is -0.492 e. The molecule has 2 atom stereocenters. The van der Waals surface area contributed by atoms with Gasteiger partial charge in [0.15, 0.2) is 0 Å². The van der Waals surface area contributed by atoms with Crippen molar-refractivity contribution in [1.29, 1.82) is 0 Å². The van der Waals surface area contributed by atoms with E-state index in [4.69, 9.17) is 10.5 Å². The molecule has 1 fully saturated rings. The summed E-state index contributed by atoms with van der Waals surface area (Å²) in [5.41, 5.74) is 7.43. The van der Waals surface area contributed by atoms with Crippen molar-refractivity contribution in [2.45, 2.75) is 51.7 Å². The molecule has 4 heteroatoms. The second kappa shape index (κ2) is 7.66. The first kappa shape index (κ1) is 16.1. The van der Waals surface area contributed by atoms with Gasteiger partial charge in [-0.25, -0.2) is 0 Å². The van der Waals surface area contributed by atoms with E-state index in [1.165, 1.54) is 19.3 Å². The number of nitrogen functional groups attached to an aromatic ring is 1. The van der Waals surface area contributed by atoms with E-state index in [1.54, 1.807) is 0 Å².